The molecule has 0 spiro atoms. The van der Waals surface area contributed by atoms with Gasteiger partial charge in [-0.15, -0.1) is 0 Å². The highest BCUT2D eigenvalue weighted by atomic mass is 16.5. The van der Waals surface area contributed by atoms with E-state index in [1.54, 1.807) is 0 Å². The normalized spacial score (nSPS) is 12.7. The van der Waals surface area contributed by atoms with Crippen LogP contribution in [-0.2, 0) is 14.3 Å². The number of unbranched alkanes of at least 4 members (excludes halogenated alkanes) is 56. The zero-order chi connectivity index (χ0) is 61.3. The second-order valence-electron chi connectivity index (χ2n) is 26.7. The van der Waals surface area contributed by atoms with Crippen LogP contribution in [0.5, 0.6) is 0 Å². The van der Waals surface area contributed by atoms with Crippen molar-refractivity contribution in [1.29, 1.82) is 0 Å². The number of hydrogen-bond acceptors (Lipinski definition) is 5. The van der Waals surface area contributed by atoms with Crippen molar-refractivity contribution in [1.82, 2.24) is 5.32 Å². The second-order valence-corrected chi connectivity index (χ2v) is 26.7. The Morgan fingerprint density at radius 1 is 0.329 bits per heavy atom. The predicted octanol–water partition coefficient (Wildman–Crippen LogP) is 25.4. The second kappa shape index (κ2) is 74.5. The maximum Gasteiger partial charge on any atom is 0.305 e. The summed E-state index contributed by atoms with van der Waals surface area (Å²) >= 11 is 0. The lowest BCUT2D eigenvalue weighted by Gasteiger charge is -2.22. The van der Waals surface area contributed by atoms with Gasteiger partial charge in [0.25, 0.3) is 0 Å². The van der Waals surface area contributed by atoms with Gasteiger partial charge in [-0.2, -0.15) is 0 Å². The molecule has 0 saturated carbocycles. The number of ether oxygens (including phenoxy) is 1. The van der Waals surface area contributed by atoms with Gasteiger partial charge >= 0.3 is 5.97 Å². The zero-order valence-electron chi connectivity index (χ0n) is 57.6. The Hall–Kier alpha value is -1.92. The number of hydrogen-bond donors (Lipinski definition) is 3. The summed E-state index contributed by atoms with van der Waals surface area (Å²) in [7, 11) is 0. The molecule has 6 nitrogen and oxygen atoms in total. The summed E-state index contributed by atoms with van der Waals surface area (Å²) in [6, 6.07) is -0.538. The molecule has 0 aliphatic heterocycles. The molecule has 0 rings (SSSR count). The molecule has 2 atom stereocenters. The molecular formula is C79H151NO5. The summed E-state index contributed by atoms with van der Waals surface area (Å²) in [4.78, 5) is 24.6. The summed E-state index contributed by atoms with van der Waals surface area (Å²) in [5.74, 6) is -0.0194. The van der Waals surface area contributed by atoms with Crippen molar-refractivity contribution >= 4 is 11.9 Å². The number of allylic oxidation sites excluding steroid dienone is 6. The van der Waals surface area contributed by atoms with Crippen molar-refractivity contribution in [3.05, 3.63) is 36.5 Å². The fourth-order valence-corrected chi connectivity index (χ4v) is 12.3. The lowest BCUT2D eigenvalue weighted by Crippen LogP contribution is -2.45. The van der Waals surface area contributed by atoms with E-state index < -0.39 is 12.1 Å². The van der Waals surface area contributed by atoms with E-state index in [1.165, 1.54) is 347 Å². The first kappa shape index (κ1) is 83.1. The van der Waals surface area contributed by atoms with Gasteiger partial charge in [-0.1, -0.05) is 371 Å². The van der Waals surface area contributed by atoms with Crippen LogP contribution in [-0.4, -0.2) is 47.4 Å². The van der Waals surface area contributed by atoms with Gasteiger partial charge in [0.2, 0.25) is 5.91 Å². The van der Waals surface area contributed by atoms with Crippen molar-refractivity contribution in [2.75, 3.05) is 13.2 Å². The van der Waals surface area contributed by atoms with Gasteiger partial charge in [0.05, 0.1) is 25.4 Å². The van der Waals surface area contributed by atoms with E-state index in [2.05, 4.69) is 55.6 Å². The quantitative estimate of drug-likeness (QED) is 0.0320. The van der Waals surface area contributed by atoms with Crippen molar-refractivity contribution in [2.24, 2.45) is 0 Å². The summed E-state index contributed by atoms with van der Waals surface area (Å²) < 4.78 is 5.50. The molecule has 0 radical (unpaired) electrons. The zero-order valence-corrected chi connectivity index (χ0v) is 57.6. The smallest absolute Gasteiger partial charge is 0.305 e. The lowest BCUT2D eigenvalue weighted by molar-refractivity contribution is -0.143. The van der Waals surface area contributed by atoms with Gasteiger partial charge < -0.3 is 20.3 Å². The first-order valence-electron chi connectivity index (χ1n) is 38.7. The molecule has 0 aromatic carbocycles. The molecule has 0 bridgehead atoms. The van der Waals surface area contributed by atoms with Crippen molar-refractivity contribution in [3.63, 3.8) is 0 Å². The number of amides is 1. The maximum absolute atomic E-state index is 12.5. The molecule has 0 aromatic rings. The van der Waals surface area contributed by atoms with E-state index in [-0.39, 0.29) is 18.5 Å². The molecule has 0 aliphatic rings. The van der Waals surface area contributed by atoms with Crippen molar-refractivity contribution in [3.8, 4) is 0 Å². The van der Waals surface area contributed by atoms with E-state index in [0.717, 1.165) is 51.4 Å². The molecule has 85 heavy (non-hydrogen) atoms. The summed E-state index contributed by atoms with van der Waals surface area (Å²) in [6.45, 7) is 4.97. The molecule has 0 fully saturated rings. The highest BCUT2D eigenvalue weighted by Crippen LogP contribution is 2.19. The number of carbonyl (C=O) groups is 2. The van der Waals surface area contributed by atoms with Crippen LogP contribution in [0.4, 0.5) is 0 Å². The van der Waals surface area contributed by atoms with Crippen LogP contribution in [0.2, 0.25) is 0 Å². The molecular weight excluding hydrogens is 1040 g/mol. The van der Waals surface area contributed by atoms with Crippen LogP contribution in [0.3, 0.4) is 0 Å². The van der Waals surface area contributed by atoms with Gasteiger partial charge in [-0.25, -0.2) is 0 Å². The summed E-state index contributed by atoms with van der Waals surface area (Å²) in [5.41, 5.74) is 0. The Bertz CT molecular complexity index is 1380. The number of aliphatic hydroxyl groups is 2. The third-order valence-corrected chi connectivity index (χ3v) is 18.2. The van der Waals surface area contributed by atoms with Crippen LogP contribution in [0, 0.1) is 0 Å². The van der Waals surface area contributed by atoms with E-state index >= 15 is 0 Å². The van der Waals surface area contributed by atoms with Gasteiger partial charge in [0.15, 0.2) is 0 Å². The largest absolute Gasteiger partial charge is 0.466 e. The Morgan fingerprint density at radius 2 is 0.588 bits per heavy atom. The van der Waals surface area contributed by atoms with Crippen LogP contribution in [0.1, 0.15) is 431 Å². The van der Waals surface area contributed by atoms with Crippen LogP contribution < -0.4 is 5.32 Å². The Morgan fingerprint density at radius 3 is 0.918 bits per heavy atom. The third kappa shape index (κ3) is 71.0. The number of esters is 1. The lowest BCUT2D eigenvalue weighted by atomic mass is 10.0. The third-order valence-electron chi connectivity index (χ3n) is 18.2. The molecule has 0 aliphatic carbocycles. The average molecular weight is 1200 g/mol. The molecule has 1 amide bonds. The fourth-order valence-electron chi connectivity index (χ4n) is 12.3. The molecule has 0 saturated heterocycles. The van der Waals surface area contributed by atoms with E-state index in [0.29, 0.717) is 25.9 Å². The molecule has 3 N–H and O–H groups in total. The highest BCUT2D eigenvalue weighted by Gasteiger charge is 2.20. The van der Waals surface area contributed by atoms with E-state index in [9.17, 15) is 19.8 Å². The highest BCUT2D eigenvalue weighted by molar-refractivity contribution is 5.76. The van der Waals surface area contributed by atoms with E-state index in [1.807, 2.05) is 0 Å². The topological polar surface area (TPSA) is 95.9 Å². The standard InChI is InChI=1S/C79H151NO5/c1-3-5-7-9-11-13-15-17-19-45-49-53-57-61-65-69-73-79(84)85-74-70-66-62-58-54-50-46-42-40-38-36-34-32-30-28-26-24-22-20-21-23-25-27-29-31-33-35-37-39-41-44-48-52-56-60-64-68-72-78(83)80-76(75-81)77(82)71-67-63-59-55-51-47-43-18-16-14-12-10-8-6-4-2/h13,15,19-20,22,45,76-77,81-82H,3-12,14,16-18,21,23-44,46-75H2,1-2H3,(H,80,83)/b15-13-,22-20-,45-19-. The molecule has 6 heteroatoms. The van der Waals surface area contributed by atoms with Crippen LogP contribution in [0.15, 0.2) is 36.5 Å². The Labute approximate surface area is 532 Å². The SMILES string of the molecule is CCCCCC/C=C\C/C=C\CCCCCCCC(=O)OCCCCCCCCCCCCCCCCCC/C=C\CCCCCCCCCCCCCCCCCCCC(=O)NC(CO)C(O)CCCCCCCCCCCCCCCCC. The van der Waals surface area contributed by atoms with Crippen LogP contribution in [0.25, 0.3) is 0 Å². The van der Waals surface area contributed by atoms with Crippen molar-refractivity contribution in [2.45, 2.75) is 443 Å². The Kier molecular flexibility index (Phi) is 72.9. The number of carbonyl (C=O) groups excluding carboxylic acids is 2. The Balaban J connectivity index is 3.32. The molecule has 502 valence electrons. The average Bonchev–Trinajstić information content (AvgIpc) is 3.52. The van der Waals surface area contributed by atoms with Gasteiger partial charge in [0, 0.05) is 12.8 Å². The first-order valence-corrected chi connectivity index (χ1v) is 38.7. The van der Waals surface area contributed by atoms with Gasteiger partial charge in [0.1, 0.15) is 0 Å². The number of nitrogens with one attached hydrogen (secondary N) is 1. The summed E-state index contributed by atoms with van der Waals surface area (Å²) in [6.07, 6.45) is 96.6. The van der Waals surface area contributed by atoms with Gasteiger partial charge in [-0.05, 0) is 83.5 Å². The maximum atomic E-state index is 12.5. The monoisotopic (exact) mass is 1190 g/mol. The molecule has 0 aromatic heterocycles. The molecule has 0 heterocycles. The number of aliphatic hydroxyl groups excluding tert-OH is 2. The minimum Gasteiger partial charge on any atom is -0.466 e. The minimum absolute atomic E-state index is 0.00845. The van der Waals surface area contributed by atoms with Crippen LogP contribution >= 0.6 is 0 Å². The number of rotatable bonds is 73. The van der Waals surface area contributed by atoms with E-state index in [4.69, 9.17) is 4.74 Å². The predicted molar refractivity (Wildman–Crippen MR) is 375 cm³/mol. The first-order chi connectivity index (χ1) is 42.0. The van der Waals surface area contributed by atoms with Crippen molar-refractivity contribution < 1.29 is 24.5 Å². The summed E-state index contributed by atoms with van der Waals surface area (Å²) in [5, 5.41) is 23.4. The minimum atomic E-state index is -0.661. The fraction of sp³-hybridized carbons (Fsp3) is 0.899. The molecule has 2 unspecified atom stereocenters. The van der Waals surface area contributed by atoms with Gasteiger partial charge in [-0.3, -0.25) is 9.59 Å².